The minimum Gasteiger partial charge on any atom is -0.324 e. The van der Waals surface area contributed by atoms with E-state index >= 15 is 0 Å². The van der Waals surface area contributed by atoms with Crippen LogP contribution in [0.2, 0.25) is 0 Å². The second kappa shape index (κ2) is 6.68. The van der Waals surface area contributed by atoms with Crippen molar-refractivity contribution in [2.24, 2.45) is 5.73 Å². The maximum absolute atomic E-state index is 10.8. The Morgan fingerprint density at radius 2 is 1.88 bits per heavy atom. The van der Waals surface area contributed by atoms with Gasteiger partial charge < -0.3 is 5.73 Å². The van der Waals surface area contributed by atoms with Crippen LogP contribution in [0.1, 0.15) is 5.56 Å². The molecule has 0 aliphatic rings. The van der Waals surface area contributed by atoms with Crippen LogP contribution in [-0.4, -0.2) is 20.7 Å². The molecule has 1 aromatic rings. The molecule has 1 rings (SSSR count). The fraction of sp³-hybridized carbons (Fsp3) is 0.273. The van der Waals surface area contributed by atoms with Crippen LogP contribution in [0.25, 0.3) is 0 Å². The van der Waals surface area contributed by atoms with Gasteiger partial charge in [-0.05, 0) is 12.0 Å². The molecule has 0 heterocycles. The van der Waals surface area contributed by atoms with Gasteiger partial charge in [0.1, 0.15) is 0 Å². The van der Waals surface area contributed by atoms with Crippen molar-refractivity contribution < 1.29 is 8.42 Å². The van der Waals surface area contributed by atoms with E-state index in [1.807, 2.05) is 30.3 Å². The second-order valence-corrected chi connectivity index (χ2v) is 5.44. The van der Waals surface area contributed by atoms with Gasteiger partial charge in [0, 0.05) is 17.7 Å². The lowest BCUT2D eigenvalue weighted by molar-refractivity contribution is 0.609. The molecular weight excluding hydrogens is 246 g/mol. The minimum absolute atomic E-state index is 0. The molecule has 1 atom stereocenters. The molecule has 90 valence electrons. The summed E-state index contributed by atoms with van der Waals surface area (Å²) in [6.07, 6.45) is 3.31. The average molecular weight is 262 g/mol. The molecule has 16 heavy (non-hydrogen) atoms. The lowest BCUT2D eigenvalue weighted by Gasteiger charge is -2.05. The third-order valence-corrected chi connectivity index (χ3v) is 2.54. The Balaban J connectivity index is 0.00000225. The van der Waals surface area contributed by atoms with Crippen molar-refractivity contribution in [1.82, 2.24) is 0 Å². The van der Waals surface area contributed by atoms with Crippen molar-refractivity contribution in [3.05, 3.63) is 47.4 Å². The van der Waals surface area contributed by atoms with Gasteiger partial charge in [0.05, 0.1) is 0 Å². The van der Waals surface area contributed by atoms with E-state index in [0.29, 0.717) is 6.42 Å². The number of hydrogen-bond donors (Lipinski definition) is 1. The van der Waals surface area contributed by atoms with Crippen LogP contribution in [0.3, 0.4) is 0 Å². The zero-order valence-corrected chi connectivity index (χ0v) is 10.7. The zero-order valence-electron chi connectivity index (χ0n) is 9.04. The van der Waals surface area contributed by atoms with E-state index in [2.05, 4.69) is 0 Å². The Morgan fingerprint density at radius 3 is 2.38 bits per heavy atom. The lowest BCUT2D eigenvalue weighted by Crippen LogP contribution is -2.20. The van der Waals surface area contributed by atoms with Gasteiger partial charge in [-0.25, -0.2) is 8.42 Å². The van der Waals surface area contributed by atoms with Gasteiger partial charge >= 0.3 is 0 Å². The molecule has 0 saturated heterocycles. The molecule has 2 N–H and O–H groups in total. The van der Waals surface area contributed by atoms with Gasteiger partial charge in [-0.15, -0.1) is 12.4 Å². The van der Waals surface area contributed by atoms with Crippen LogP contribution in [0, 0.1) is 0 Å². The molecule has 0 spiro atoms. The maximum Gasteiger partial charge on any atom is 0.168 e. The van der Waals surface area contributed by atoms with E-state index in [4.69, 9.17) is 5.73 Å². The average Bonchev–Trinajstić information content (AvgIpc) is 2.15. The topological polar surface area (TPSA) is 60.2 Å². The van der Waals surface area contributed by atoms with Gasteiger partial charge in [0.15, 0.2) is 9.84 Å². The Kier molecular flexibility index (Phi) is 6.33. The van der Waals surface area contributed by atoms with Gasteiger partial charge in [-0.3, -0.25) is 0 Å². The van der Waals surface area contributed by atoms with Crippen LogP contribution in [-0.2, 0) is 16.3 Å². The van der Waals surface area contributed by atoms with Gasteiger partial charge in [-0.1, -0.05) is 36.4 Å². The van der Waals surface area contributed by atoms with Crippen LogP contribution in [0.15, 0.2) is 41.8 Å². The summed E-state index contributed by atoms with van der Waals surface area (Å²) in [5, 5.41) is 1.15. The minimum atomic E-state index is -3.07. The molecule has 0 aliphatic heterocycles. The normalized spacial score (nSPS) is 13.4. The predicted octanol–water partition coefficient (Wildman–Crippen LogP) is 1.54. The molecule has 0 aliphatic carbocycles. The number of hydrogen-bond acceptors (Lipinski definition) is 3. The first-order chi connectivity index (χ1) is 6.97. The number of benzene rings is 1. The monoisotopic (exact) mass is 261 g/mol. The molecule has 0 amide bonds. The molecular formula is C11H16ClNO2S. The molecule has 0 unspecified atom stereocenters. The summed E-state index contributed by atoms with van der Waals surface area (Å²) in [4.78, 5) is 0. The van der Waals surface area contributed by atoms with Crippen LogP contribution in [0.5, 0.6) is 0 Å². The number of halogens is 1. The predicted molar refractivity (Wildman–Crippen MR) is 69.4 cm³/mol. The molecule has 0 radical (unpaired) electrons. The zero-order chi connectivity index (χ0) is 11.3. The van der Waals surface area contributed by atoms with Crippen molar-refractivity contribution in [2.75, 3.05) is 6.26 Å². The SMILES string of the molecule is CS(=O)(=O)C=C[C@@H](N)Cc1ccccc1.Cl. The summed E-state index contributed by atoms with van der Waals surface area (Å²) in [5.41, 5.74) is 6.86. The largest absolute Gasteiger partial charge is 0.324 e. The number of sulfone groups is 1. The van der Waals surface area contributed by atoms with E-state index in [1.54, 1.807) is 0 Å². The van der Waals surface area contributed by atoms with E-state index in [-0.39, 0.29) is 18.4 Å². The molecule has 0 saturated carbocycles. The fourth-order valence-electron chi connectivity index (χ4n) is 1.20. The maximum atomic E-state index is 10.8. The second-order valence-electron chi connectivity index (χ2n) is 3.51. The van der Waals surface area contributed by atoms with Crippen LogP contribution in [0.4, 0.5) is 0 Å². The highest BCUT2D eigenvalue weighted by atomic mass is 35.5. The first-order valence-electron chi connectivity index (χ1n) is 4.65. The Morgan fingerprint density at radius 1 is 1.31 bits per heavy atom. The van der Waals surface area contributed by atoms with Crippen molar-refractivity contribution >= 4 is 22.2 Å². The summed E-state index contributed by atoms with van der Waals surface area (Å²) in [7, 11) is -3.07. The lowest BCUT2D eigenvalue weighted by atomic mass is 10.1. The van der Waals surface area contributed by atoms with Gasteiger partial charge in [0.2, 0.25) is 0 Å². The molecule has 0 bridgehead atoms. The quantitative estimate of drug-likeness (QED) is 0.894. The molecule has 3 nitrogen and oxygen atoms in total. The Hall–Kier alpha value is -0.840. The van der Waals surface area contributed by atoms with Crippen LogP contribution < -0.4 is 5.73 Å². The van der Waals surface area contributed by atoms with Gasteiger partial charge in [0.25, 0.3) is 0 Å². The van der Waals surface area contributed by atoms with Crippen molar-refractivity contribution in [2.45, 2.75) is 12.5 Å². The summed E-state index contributed by atoms with van der Waals surface area (Å²) >= 11 is 0. The van der Waals surface area contributed by atoms with Crippen molar-refractivity contribution in [1.29, 1.82) is 0 Å². The highest BCUT2D eigenvalue weighted by Gasteiger charge is 2.01. The van der Waals surface area contributed by atoms with Crippen molar-refractivity contribution in [3.8, 4) is 0 Å². The van der Waals surface area contributed by atoms with Gasteiger partial charge in [-0.2, -0.15) is 0 Å². The third-order valence-electron chi connectivity index (χ3n) is 1.89. The first-order valence-corrected chi connectivity index (χ1v) is 6.60. The third kappa shape index (κ3) is 6.61. The van der Waals surface area contributed by atoms with E-state index < -0.39 is 9.84 Å². The van der Waals surface area contributed by atoms with E-state index in [0.717, 1.165) is 17.2 Å². The summed E-state index contributed by atoms with van der Waals surface area (Å²) in [5.74, 6) is 0. The van der Waals surface area contributed by atoms with E-state index in [1.165, 1.54) is 6.08 Å². The number of rotatable bonds is 4. The molecule has 5 heteroatoms. The molecule has 0 aromatic heterocycles. The first kappa shape index (κ1) is 15.2. The van der Waals surface area contributed by atoms with E-state index in [9.17, 15) is 8.42 Å². The Labute approximate surface area is 103 Å². The smallest absolute Gasteiger partial charge is 0.168 e. The molecule has 0 fully saturated rings. The highest BCUT2D eigenvalue weighted by Crippen LogP contribution is 2.02. The summed E-state index contributed by atoms with van der Waals surface area (Å²) in [6.45, 7) is 0. The summed E-state index contributed by atoms with van der Waals surface area (Å²) in [6, 6.07) is 9.47. The molecule has 1 aromatic carbocycles. The Bertz CT molecular complexity index is 429. The summed E-state index contributed by atoms with van der Waals surface area (Å²) < 4.78 is 21.7. The van der Waals surface area contributed by atoms with Crippen molar-refractivity contribution in [3.63, 3.8) is 0 Å². The fourth-order valence-corrected chi connectivity index (χ4v) is 1.69. The standard InChI is InChI=1S/C11H15NO2S.ClH/c1-15(13,14)8-7-11(12)9-10-5-3-2-4-6-10;/h2-8,11H,9,12H2,1H3;1H/t11-;/m1./s1. The number of nitrogens with two attached hydrogens (primary N) is 1. The highest BCUT2D eigenvalue weighted by molar-refractivity contribution is 7.93. The van der Waals surface area contributed by atoms with Crippen LogP contribution >= 0.6 is 12.4 Å².